The van der Waals surface area contributed by atoms with E-state index in [-0.39, 0.29) is 5.57 Å². The number of rotatable bonds is 7. The fraction of sp³-hybridized carbons (Fsp3) is 0.400. The maximum atomic E-state index is 12.5. The van der Waals surface area contributed by atoms with Gasteiger partial charge in [0.15, 0.2) is 6.29 Å². The lowest BCUT2D eigenvalue weighted by Gasteiger charge is -2.32. The van der Waals surface area contributed by atoms with Crippen LogP contribution in [0, 0.1) is 0 Å². The lowest BCUT2D eigenvalue weighted by Crippen LogP contribution is -2.47. The summed E-state index contributed by atoms with van der Waals surface area (Å²) in [6.45, 7) is 3.41. The molecule has 0 aromatic carbocycles. The van der Waals surface area contributed by atoms with Crippen molar-refractivity contribution in [2.75, 3.05) is 14.2 Å². The first-order valence-electron chi connectivity index (χ1n) is 6.51. The number of aldehydes is 1. The molecule has 1 aromatic heterocycles. The molecule has 1 heterocycles. The smallest absolute Gasteiger partial charge is 0.261 e. The Labute approximate surface area is 124 Å². The van der Waals surface area contributed by atoms with Crippen LogP contribution in [0.5, 0.6) is 0 Å². The van der Waals surface area contributed by atoms with E-state index in [4.69, 9.17) is 9.47 Å². The SMILES string of the molecule is COC(C)N(C(=O)/C(C=O)=C/c1ccccn1)C(C)OC. The Morgan fingerprint density at radius 3 is 2.29 bits per heavy atom. The summed E-state index contributed by atoms with van der Waals surface area (Å²) in [5.74, 6) is -0.473. The molecule has 0 aliphatic rings. The average molecular weight is 292 g/mol. The molecule has 1 aromatic rings. The van der Waals surface area contributed by atoms with Crippen LogP contribution in [0.4, 0.5) is 0 Å². The third-order valence-electron chi connectivity index (χ3n) is 3.07. The van der Waals surface area contributed by atoms with Crippen molar-refractivity contribution < 1.29 is 19.1 Å². The van der Waals surface area contributed by atoms with Gasteiger partial charge in [0.2, 0.25) is 0 Å². The number of methoxy groups -OCH3 is 2. The van der Waals surface area contributed by atoms with Gasteiger partial charge in [-0.1, -0.05) is 6.07 Å². The standard InChI is InChI=1S/C15H20N2O4/c1-11(20-3)17(12(2)21-4)15(19)13(10-18)9-14-7-5-6-8-16-14/h5-12H,1-4H3/b13-9+. The maximum absolute atomic E-state index is 12.5. The average Bonchev–Trinajstić information content (AvgIpc) is 2.53. The van der Waals surface area contributed by atoms with Crippen LogP contribution in [0.15, 0.2) is 30.0 Å². The fourth-order valence-electron chi connectivity index (χ4n) is 1.77. The molecule has 0 saturated carbocycles. The lowest BCUT2D eigenvalue weighted by molar-refractivity contribution is -0.159. The Hall–Kier alpha value is -2.05. The van der Waals surface area contributed by atoms with Crippen molar-refractivity contribution in [1.29, 1.82) is 0 Å². The highest BCUT2D eigenvalue weighted by atomic mass is 16.5. The minimum Gasteiger partial charge on any atom is -0.362 e. The number of ether oxygens (including phenoxy) is 2. The fourth-order valence-corrected chi connectivity index (χ4v) is 1.77. The Bertz CT molecular complexity index is 492. The summed E-state index contributed by atoms with van der Waals surface area (Å²) >= 11 is 0. The molecule has 0 aliphatic carbocycles. The van der Waals surface area contributed by atoms with Crippen LogP contribution in [0.1, 0.15) is 19.5 Å². The number of amides is 1. The quantitative estimate of drug-likeness (QED) is 0.250. The third-order valence-corrected chi connectivity index (χ3v) is 3.07. The molecule has 0 fully saturated rings. The van der Waals surface area contributed by atoms with Crippen LogP contribution >= 0.6 is 0 Å². The number of carbonyl (C=O) groups excluding carboxylic acids is 2. The van der Waals surface area contributed by atoms with E-state index >= 15 is 0 Å². The summed E-state index contributed by atoms with van der Waals surface area (Å²) in [5.41, 5.74) is 0.518. The predicted molar refractivity (Wildman–Crippen MR) is 78.1 cm³/mol. The van der Waals surface area contributed by atoms with Crippen molar-refractivity contribution in [2.24, 2.45) is 0 Å². The molecule has 114 valence electrons. The zero-order valence-electron chi connectivity index (χ0n) is 12.6. The van der Waals surface area contributed by atoms with Gasteiger partial charge >= 0.3 is 0 Å². The summed E-state index contributed by atoms with van der Waals surface area (Å²) in [6, 6.07) is 5.24. The Balaban J connectivity index is 3.10. The molecule has 0 N–H and O–H groups in total. The molecular formula is C15H20N2O4. The van der Waals surface area contributed by atoms with E-state index in [1.807, 2.05) is 0 Å². The van der Waals surface area contributed by atoms with Gasteiger partial charge < -0.3 is 9.47 Å². The van der Waals surface area contributed by atoms with Crippen molar-refractivity contribution in [3.63, 3.8) is 0 Å². The van der Waals surface area contributed by atoms with Crippen molar-refractivity contribution in [1.82, 2.24) is 9.88 Å². The van der Waals surface area contributed by atoms with Gasteiger partial charge in [-0.05, 0) is 32.1 Å². The molecular weight excluding hydrogens is 272 g/mol. The zero-order chi connectivity index (χ0) is 15.8. The van der Waals surface area contributed by atoms with Crippen LogP contribution in [-0.2, 0) is 19.1 Å². The second-order valence-electron chi connectivity index (χ2n) is 4.35. The lowest BCUT2D eigenvalue weighted by atomic mass is 10.2. The predicted octanol–water partition coefficient (Wildman–Crippen LogP) is 1.48. The van der Waals surface area contributed by atoms with Crippen LogP contribution in [0.25, 0.3) is 6.08 Å². The molecule has 0 spiro atoms. The molecule has 1 rings (SSSR count). The van der Waals surface area contributed by atoms with E-state index < -0.39 is 18.4 Å². The van der Waals surface area contributed by atoms with E-state index in [0.717, 1.165) is 0 Å². The van der Waals surface area contributed by atoms with Gasteiger partial charge in [-0.15, -0.1) is 0 Å². The summed E-state index contributed by atoms with van der Waals surface area (Å²) in [7, 11) is 2.97. The van der Waals surface area contributed by atoms with Gasteiger partial charge in [0.25, 0.3) is 5.91 Å². The summed E-state index contributed by atoms with van der Waals surface area (Å²) < 4.78 is 10.3. The Kier molecular flexibility index (Phi) is 6.71. The van der Waals surface area contributed by atoms with E-state index in [0.29, 0.717) is 12.0 Å². The van der Waals surface area contributed by atoms with E-state index in [9.17, 15) is 9.59 Å². The highest BCUT2D eigenvalue weighted by Crippen LogP contribution is 2.13. The molecule has 0 aliphatic heterocycles. The summed E-state index contributed by atoms with van der Waals surface area (Å²) in [4.78, 5) is 29.2. The first-order valence-corrected chi connectivity index (χ1v) is 6.51. The van der Waals surface area contributed by atoms with Crippen LogP contribution in [-0.4, -0.2) is 48.8 Å². The van der Waals surface area contributed by atoms with Crippen LogP contribution in [0.3, 0.4) is 0 Å². The van der Waals surface area contributed by atoms with E-state index in [1.54, 1.807) is 38.2 Å². The number of pyridine rings is 1. The minimum absolute atomic E-state index is 0.0125. The highest BCUT2D eigenvalue weighted by molar-refractivity contribution is 6.14. The Morgan fingerprint density at radius 2 is 1.86 bits per heavy atom. The van der Waals surface area contributed by atoms with Crippen LogP contribution in [0.2, 0.25) is 0 Å². The molecule has 21 heavy (non-hydrogen) atoms. The molecule has 1 amide bonds. The molecule has 2 unspecified atom stereocenters. The van der Waals surface area contributed by atoms with Gasteiger partial charge in [-0.2, -0.15) is 0 Å². The van der Waals surface area contributed by atoms with Gasteiger partial charge in [0.05, 0.1) is 11.3 Å². The molecule has 0 radical (unpaired) electrons. The molecule has 6 heteroatoms. The number of aromatic nitrogens is 1. The number of hydrogen-bond donors (Lipinski definition) is 0. The second kappa shape index (κ2) is 8.28. The van der Waals surface area contributed by atoms with E-state index in [1.165, 1.54) is 25.2 Å². The van der Waals surface area contributed by atoms with Crippen molar-refractivity contribution >= 4 is 18.3 Å². The van der Waals surface area contributed by atoms with Crippen molar-refractivity contribution in [3.05, 3.63) is 35.7 Å². The molecule has 6 nitrogen and oxygen atoms in total. The van der Waals surface area contributed by atoms with Crippen molar-refractivity contribution in [3.8, 4) is 0 Å². The Morgan fingerprint density at radius 1 is 1.24 bits per heavy atom. The minimum atomic E-state index is -0.528. The van der Waals surface area contributed by atoms with Gasteiger partial charge in [0, 0.05) is 20.4 Å². The number of nitrogens with zero attached hydrogens (tertiary/aromatic N) is 2. The van der Waals surface area contributed by atoms with Crippen LogP contribution < -0.4 is 0 Å². The monoisotopic (exact) mass is 292 g/mol. The summed E-state index contributed by atoms with van der Waals surface area (Å²) in [5, 5.41) is 0. The maximum Gasteiger partial charge on any atom is 0.261 e. The third kappa shape index (κ3) is 4.47. The zero-order valence-corrected chi connectivity index (χ0v) is 12.6. The molecule has 0 bridgehead atoms. The van der Waals surface area contributed by atoms with Crippen molar-refractivity contribution in [2.45, 2.75) is 26.3 Å². The van der Waals surface area contributed by atoms with E-state index in [2.05, 4.69) is 4.98 Å². The molecule has 2 atom stereocenters. The number of hydrogen-bond acceptors (Lipinski definition) is 5. The van der Waals surface area contributed by atoms with Gasteiger partial charge in [0.1, 0.15) is 12.5 Å². The topological polar surface area (TPSA) is 68.7 Å². The first-order chi connectivity index (χ1) is 10.0. The normalized spacial score (nSPS) is 14.4. The molecule has 0 saturated heterocycles. The first kappa shape index (κ1) is 17.0. The van der Waals surface area contributed by atoms with Gasteiger partial charge in [-0.25, -0.2) is 0 Å². The second-order valence-corrected chi connectivity index (χ2v) is 4.35. The largest absolute Gasteiger partial charge is 0.362 e. The highest BCUT2D eigenvalue weighted by Gasteiger charge is 2.27. The number of carbonyl (C=O) groups is 2. The summed E-state index contributed by atoms with van der Waals surface area (Å²) in [6.07, 6.45) is 2.48. The van der Waals surface area contributed by atoms with Gasteiger partial charge in [-0.3, -0.25) is 19.5 Å².